The fraction of sp³-hybridized carbons (Fsp3) is 0.750. The van der Waals surface area contributed by atoms with Gasteiger partial charge in [-0.3, -0.25) is 4.79 Å². The van der Waals surface area contributed by atoms with Crippen LogP contribution in [0.3, 0.4) is 0 Å². The molecule has 0 aliphatic carbocycles. The number of Topliss-reactive ketones (excluding diaryl/α,β-unsaturated/α-hetero) is 1. The van der Waals surface area contributed by atoms with Gasteiger partial charge in [0.25, 0.3) is 0 Å². The Kier molecular flexibility index (Phi) is 4.83. The van der Waals surface area contributed by atoms with Crippen molar-refractivity contribution in [3.8, 4) is 0 Å². The smallest absolute Gasteiger partial charge is 0.168 e. The van der Waals surface area contributed by atoms with Crippen molar-refractivity contribution in [2.24, 2.45) is 0 Å². The van der Waals surface area contributed by atoms with E-state index in [1.54, 1.807) is 0 Å². The topological polar surface area (TPSA) is 35.6 Å². The summed E-state index contributed by atoms with van der Waals surface area (Å²) in [5, 5.41) is 3.26. The molecule has 2 rings (SSSR count). The average Bonchev–Trinajstić information content (AvgIpc) is 2.85. The molecule has 5 heteroatoms. The van der Waals surface area contributed by atoms with Gasteiger partial charge in [-0.1, -0.05) is 0 Å². The third kappa shape index (κ3) is 2.93. The van der Waals surface area contributed by atoms with Crippen molar-refractivity contribution in [3.63, 3.8) is 0 Å². The molecule has 2 heterocycles. The number of hydrogen-bond acceptors (Lipinski definition) is 4. The number of rotatable bonds is 3. The summed E-state index contributed by atoms with van der Waals surface area (Å²) in [4.78, 5) is 16.4. The van der Waals surface area contributed by atoms with Gasteiger partial charge in [0.1, 0.15) is 0 Å². The molecule has 0 spiro atoms. The molecular formula is C12H22ClN3O. The van der Waals surface area contributed by atoms with Gasteiger partial charge in [-0.25, -0.2) is 0 Å². The molecule has 98 valence electrons. The third-order valence-corrected chi connectivity index (χ3v) is 3.75. The normalized spacial score (nSPS) is 24.3. The summed E-state index contributed by atoms with van der Waals surface area (Å²) in [7, 11) is 2.07. The maximum absolute atomic E-state index is 12.0. The maximum atomic E-state index is 12.0. The summed E-state index contributed by atoms with van der Waals surface area (Å²) in [5.41, 5.74) is 2.50. The molecule has 0 aromatic carbocycles. The standard InChI is InChI=1S/C12H21N3O.ClH/c1-9-10(2)15(8-14(9)3)7-12(16)11-5-4-6-13-11;/h11,13H,4-8H2,1-3H3;1H. The monoisotopic (exact) mass is 259 g/mol. The van der Waals surface area contributed by atoms with Crippen molar-refractivity contribution in [2.75, 3.05) is 26.8 Å². The van der Waals surface area contributed by atoms with Crippen LogP contribution in [0.1, 0.15) is 26.7 Å². The molecular weight excluding hydrogens is 238 g/mol. The molecule has 0 bridgehead atoms. The Morgan fingerprint density at radius 3 is 2.59 bits per heavy atom. The number of nitrogens with zero attached hydrogens (tertiary/aromatic N) is 2. The Labute approximate surface area is 109 Å². The lowest BCUT2D eigenvalue weighted by atomic mass is 10.1. The number of ketones is 1. The number of allylic oxidation sites excluding steroid dienone is 2. The highest BCUT2D eigenvalue weighted by molar-refractivity contribution is 5.86. The molecule has 2 aliphatic rings. The van der Waals surface area contributed by atoms with Gasteiger partial charge in [0.15, 0.2) is 5.78 Å². The van der Waals surface area contributed by atoms with Crippen LogP contribution in [0.5, 0.6) is 0 Å². The lowest BCUT2D eigenvalue weighted by molar-refractivity contribution is -0.121. The molecule has 1 unspecified atom stereocenters. The van der Waals surface area contributed by atoms with Crippen molar-refractivity contribution < 1.29 is 4.79 Å². The molecule has 0 saturated carbocycles. The van der Waals surface area contributed by atoms with Gasteiger partial charge in [-0.05, 0) is 33.2 Å². The van der Waals surface area contributed by atoms with E-state index in [-0.39, 0.29) is 18.4 Å². The number of carbonyl (C=O) groups is 1. The zero-order chi connectivity index (χ0) is 11.7. The van der Waals surface area contributed by atoms with E-state index in [1.807, 2.05) is 0 Å². The largest absolute Gasteiger partial charge is 0.359 e. The summed E-state index contributed by atoms with van der Waals surface area (Å²) in [6.45, 7) is 6.58. The second kappa shape index (κ2) is 5.74. The minimum Gasteiger partial charge on any atom is -0.359 e. The van der Waals surface area contributed by atoms with E-state index in [2.05, 4.69) is 36.0 Å². The van der Waals surface area contributed by atoms with Gasteiger partial charge in [-0.15, -0.1) is 12.4 Å². The first-order chi connectivity index (χ1) is 7.59. The lowest BCUT2D eigenvalue weighted by Gasteiger charge is -2.21. The summed E-state index contributed by atoms with van der Waals surface area (Å²) >= 11 is 0. The minimum absolute atomic E-state index is 0. The molecule has 2 aliphatic heterocycles. The summed E-state index contributed by atoms with van der Waals surface area (Å²) in [6.07, 6.45) is 2.13. The van der Waals surface area contributed by atoms with Gasteiger partial charge in [0.2, 0.25) is 0 Å². The fourth-order valence-electron chi connectivity index (χ4n) is 2.40. The van der Waals surface area contributed by atoms with Crippen LogP contribution in [0, 0.1) is 0 Å². The van der Waals surface area contributed by atoms with Crippen LogP contribution < -0.4 is 5.32 Å². The minimum atomic E-state index is 0. The van der Waals surface area contributed by atoms with E-state index in [4.69, 9.17) is 0 Å². The lowest BCUT2D eigenvalue weighted by Crippen LogP contribution is -2.39. The third-order valence-electron chi connectivity index (χ3n) is 3.75. The van der Waals surface area contributed by atoms with Crippen molar-refractivity contribution >= 4 is 18.2 Å². The van der Waals surface area contributed by atoms with E-state index < -0.39 is 0 Å². The van der Waals surface area contributed by atoms with Crippen molar-refractivity contribution in [1.29, 1.82) is 0 Å². The summed E-state index contributed by atoms with van der Waals surface area (Å²) in [6, 6.07) is 0.0963. The molecule has 4 nitrogen and oxygen atoms in total. The predicted molar refractivity (Wildman–Crippen MR) is 71.0 cm³/mol. The van der Waals surface area contributed by atoms with Crippen molar-refractivity contribution in [2.45, 2.75) is 32.7 Å². The van der Waals surface area contributed by atoms with E-state index in [9.17, 15) is 4.79 Å². The quantitative estimate of drug-likeness (QED) is 0.826. The van der Waals surface area contributed by atoms with Crippen LogP contribution in [-0.2, 0) is 4.79 Å². The van der Waals surface area contributed by atoms with E-state index in [0.29, 0.717) is 12.3 Å². The Hall–Kier alpha value is -0.740. The Balaban J connectivity index is 0.00000144. The van der Waals surface area contributed by atoms with Crippen LogP contribution in [0.4, 0.5) is 0 Å². The van der Waals surface area contributed by atoms with Crippen LogP contribution in [0.2, 0.25) is 0 Å². The first kappa shape index (κ1) is 14.3. The molecule has 17 heavy (non-hydrogen) atoms. The highest BCUT2D eigenvalue weighted by Crippen LogP contribution is 2.21. The molecule has 1 N–H and O–H groups in total. The summed E-state index contributed by atoms with van der Waals surface area (Å²) in [5.74, 6) is 0.333. The van der Waals surface area contributed by atoms with Gasteiger partial charge in [-0.2, -0.15) is 0 Å². The SMILES string of the molecule is CC1=C(C)N(CC(=O)C2CCCN2)CN1C.Cl. The Morgan fingerprint density at radius 2 is 2.12 bits per heavy atom. The van der Waals surface area contributed by atoms with E-state index in [0.717, 1.165) is 26.1 Å². The average molecular weight is 260 g/mol. The second-order valence-corrected chi connectivity index (χ2v) is 4.82. The molecule has 0 aromatic rings. The predicted octanol–water partition coefficient (Wildman–Crippen LogP) is 1.19. The van der Waals surface area contributed by atoms with E-state index in [1.165, 1.54) is 11.4 Å². The van der Waals surface area contributed by atoms with Gasteiger partial charge in [0.05, 0.1) is 19.3 Å². The molecule has 0 radical (unpaired) electrons. The van der Waals surface area contributed by atoms with Crippen molar-refractivity contribution in [3.05, 3.63) is 11.4 Å². The number of hydrogen-bond donors (Lipinski definition) is 1. The van der Waals surface area contributed by atoms with Crippen LogP contribution in [-0.4, -0.2) is 48.4 Å². The molecule has 1 fully saturated rings. The maximum Gasteiger partial charge on any atom is 0.168 e. The van der Waals surface area contributed by atoms with Crippen LogP contribution >= 0.6 is 12.4 Å². The van der Waals surface area contributed by atoms with Gasteiger partial charge < -0.3 is 15.1 Å². The fourth-order valence-corrected chi connectivity index (χ4v) is 2.40. The molecule has 0 amide bonds. The van der Waals surface area contributed by atoms with Gasteiger partial charge in [0, 0.05) is 18.4 Å². The molecule has 1 atom stereocenters. The van der Waals surface area contributed by atoms with Crippen LogP contribution in [0.15, 0.2) is 11.4 Å². The van der Waals surface area contributed by atoms with Gasteiger partial charge >= 0.3 is 0 Å². The summed E-state index contributed by atoms with van der Waals surface area (Å²) < 4.78 is 0. The van der Waals surface area contributed by atoms with Crippen molar-refractivity contribution in [1.82, 2.24) is 15.1 Å². The Morgan fingerprint density at radius 1 is 1.41 bits per heavy atom. The zero-order valence-corrected chi connectivity index (χ0v) is 11.6. The highest BCUT2D eigenvalue weighted by atomic mass is 35.5. The first-order valence-corrected chi connectivity index (χ1v) is 5.99. The van der Waals surface area contributed by atoms with E-state index >= 15 is 0 Å². The molecule has 0 aromatic heterocycles. The zero-order valence-electron chi connectivity index (χ0n) is 10.8. The Bertz CT molecular complexity index is 324. The number of carbonyl (C=O) groups excluding carboxylic acids is 1. The molecule has 1 saturated heterocycles. The van der Waals surface area contributed by atoms with Crippen LogP contribution in [0.25, 0.3) is 0 Å². The first-order valence-electron chi connectivity index (χ1n) is 5.99. The second-order valence-electron chi connectivity index (χ2n) is 4.82. The highest BCUT2D eigenvalue weighted by Gasteiger charge is 2.27. The number of nitrogens with one attached hydrogen (secondary N) is 1. The number of halogens is 1.